The average molecular weight is 286 g/mol. The van der Waals surface area contributed by atoms with Gasteiger partial charge in [-0.1, -0.05) is 0 Å². The molecule has 0 saturated heterocycles. The van der Waals surface area contributed by atoms with Gasteiger partial charge in [0.05, 0.1) is 17.8 Å². The third kappa shape index (κ3) is 3.74. The summed E-state index contributed by atoms with van der Waals surface area (Å²) in [5, 5.41) is 11.0. The van der Waals surface area contributed by atoms with Crippen LogP contribution < -0.4 is 5.32 Å². The molecule has 0 spiro atoms. The Balaban J connectivity index is 2.97. The van der Waals surface area contributed by atoms with Crippen LogP contribution in [0.25, 0.3) is 0 Å². The smallest absolute Gasteiger partial charge is 0.337 e. The molecule has 8 heteroatoms. The average Bonchev–Trinajstić information content (AvgIpc) is 2.32. The van der Waals surface area contributed by atoms with Crippen LogP contribution in [0.3, 0.4) is 0 Å². The number of carbonyl (C=O) groups is 3. The minimum Gasteiger partial charge on any atom is -0.478 e. The zero-order valence-corrected chi connectivity index (χ0v) is 10.7. The molecular weight excluding hydrogens is 274 g/mol. The van der Waals surface area contributed by atoms with Crippen molar-refractivity contribution < 1.29 is 28.3 Å². The highest BCUT2D eigenvalue weighted by Crippen LogP contribution is 2.20. The second kappa shape index (κ2) is 6.09. The Morgan fingerprint density at radius 1 is 1.25 bits per heavy atom. The number of halogens is 2. The van der Waals surface area contributed by atoms with Gasteiger partial charge < -0.3 is 15.3 Å². The number of rotatable bonds is 4. The summed E-state index contributed by atoms with van der Waals surface area (Å²) in [6.07, 6.45) is 0. The van der Waals surface area contributed by atoms with E-state index >= 15 is 0 Å². The van der Waals surface area contributed by atoms with Crippen molar-refractivity contribution in [2.75, 3.05) is 18.9 Å². The predicted molar refractivity (Wildman–Crippen MR) is 65.3 cm³/mol. The maximum atomic E-state index is 13.1. The molecule has 2 N–H and O–H groups in total. The van der Waals surface area contributed by atoms with Gasteiger partial charge in [0.1, 0.15) is 0 Å². The molecule has 1 aromatic carbocycles. The van der Waals surface area contributed by atoms with Crippen molar-refractivity contribution in [3.05, 3.63) is 29.3 Å². The quantitative estimate of drug-likeness (QED) is 0.867. The normalized spacial score (nSPS) is 10.0. The number of carboxylic acid groups (broad SMARTS) is 1. The highest BCUT2D eigenvalue weighted by Gasteiger charge is 2.18. The van der Waals surface area contributed by atoms with Crippen molar-refractivity contribution >= 4 is 23.5 Å². The van der Waals surface area contributed by atoms with Crippen LogP contribution in [0.5, 0.6) is 0 Å². The lowest BCUT2D eigenvalue weighted by Crippen LogP contribution is -2.33. The molecule has 108 valence electrons. The van der Waals surface area contributed by atoms with Gasteiger partial charge in [0.25, 0.3) is 0 Å². The van der Waals surface area contributed by atoms with Crippen LogP contribution in [0.2, 0.25) is 0 Å². The van der Waals surface area contributed by atoms with Crippen molar-refractivity contribution in [3.8, 4) is 0 Å². The highest BCUT2D eigenvalue weighted by molar-refractivity contribution is 6.01. The molecule has 0 aliphatic heterocycles. The number of carbonyl (C=O) groups excluding carboxylic acids is 2. The maximum Gasteiger partial charge on any atom is 0.337 e. The van der Waals surface area contributed by atoms with Gasteiger partial charge in [-0.25, -0.2) is 13.6 Å². The standard InChI is InChI=1S/C12H12F2N2O4/c1-6(17)16(2)5-11(18)15-10-4-9(14)8(13)3-7(10)12(19)20/h3-4H,5H2,1-2H3,(H,15,18)(H,19,20). The fraction of sp³-hybridized carbons (Fsp3) is 0.250. The summed E-state index contributed by atoms with van der Waals surface area (Å²) in [6.45, 7) is 0.904. The highest BCUT2D eigenvalue weighted by atomic mass is 19.2. The van der Waals surface area contributed by atoms with E-state index in [1.54, 1.807) is 0 Å². The maximum absolute atomic E-state index is 13.1. The number of nitrogens with one attached hydrogen (secondary N) is 1. The first-order valence-electron chi connectivity index (χ1n) is 5.46. The second-order valence-corrected chi connectivity index (χ2v) is 4.04. The van der Waals surface area contributed by atoms with Crippen molar-refractivity contribution in [3.63, 3.8) is 0 Å². The first kappa shape index (κ1) is 15.5. The van der Waals surface area contributed by atoms with E-state index in [0.717, 1.165) is 4.90 Å². The van der Waals surface area contributed by atoms with E-state index in [2.05, 4.69) is 5.32 Å². The molecule has 0 heterocycles. The van der Waals surface area contributed by atoms with Gasteiger partial charge >= 0.3 is 5.97 Å². The Morgan fingerprint density at radius 3 is 2.30 bits per heavy atom. The van der Waals surface area contributed by atoms with Crippen molar-refractivity contribution in [1.82, 2.24) is 4.90 Å². The number of anilines is 1. The van der Waals surface area contributed by atoms with Crippen LogP contribution in [-0.2, 0) is 9.59 Å². The Morgan fingerprint density at radius 2 is 1.80 bits per heavy atom. The van der Waals surface area contributed by atoms with Crippen molar-refractivity contribution in [2.45, 2.75) is 6.92 Å². The number of likely N-dealkylation sites (N-methyl/N-ethyl adjacent to an activating group) is 1. The van der Waals surface area contributed by atoms with E-state index in [0.29, 0.717) is 12.1 Å². The lowest BCUT2D eigenvalue weighted by molar-refractivity contribution is -0.131. The third-order valence-corrected chi connectivity index (χ3v) is 2.48. The summed E-state index contributed by atoms with van der Waals surface area (Å²) in [5.74, 6) is -5.23. The van der Waals surface area contributed by atoms with Crippen LogP contribution in [0, 0.1) is 11.6 Å². The molecule has 0 aliphatic carbocycles. The Kier molecular flexibility index (Phi) is 4.73. The van der Waals surface area contributed by atoms with Gasteiger partial charge in [-0.15, -0.1) is 0 Å². The van der Waals surface area contributed by atoms with Crippen LogP contribution in [0.15, 0.2) is 12.1 Å². The van der Waals surface area contributed by atoms with Crippen molar-refractivity contribution in [1.29, 1.82) is 0 Å². The fourth-order valence-corrected chi connectivity index (χ4v) is 1.34. The topological polar surface area (TPSA) is 86.7 Å². The Labute approximate surface area is 113 Å². The van der Waals surface area contributed by atoms with Crippen LogP contribution in [0.4, 0.5) is 14.5 Å². The number of carboxylic acids is 1. The molecule has 0 unspecified atom stereocenters. The minimum absolute atomic E-state index is 0.340. The van der Waals surface area contributed by atoms with Gasteiger partial charge in [-0.2, -0.15) is 0 Å². The first-order chi connectivity index (χ1) is 9.22. The number of aromatic carboxylic acids is 1. The molecule has 1 rings (SSSR count). The van der Waals surface area contributed by atoms with Crippen LogP contribution >= 0.6 is 0 Å². The van der Waals surface area contributed by atoms with E-state index in [9.17, 15) is 23.2 Å². The minimum atomic E-state index is -1.51. The van der Waals surface area contributed by atoms with E-state index in [1.165, 1.54) is 14.0 Å². The van der Waals surface area contributed by atoms with E-state index in [4.69, 9.17) is 5.11 Å². The summed E-state index contributed by atoms with van der Waals surface area (Å²) in [6, 6.07) is 1.05. The van der Waals surface area contributed by atoms with Gasteiger partial charge in [-0.3, -0.25) is 9.59 Å². The van der Waals surface area contributed by atoms with Gasteiger partial charge in [-0.05, 0) is 6.07 Å². The van der Waals surface area contributed by atoms with E-state index in [-0.39, 0.29) is 18.1 Å². The Bertz CT molecular complexity index is 575. The molecule has 0 bridgehead atoms. The number of nitrogens with zero attached hydrogens (tertiary/aromatic N) is 1. The SMILES string of the molecule is CC(=O)N(C)CC(=O)Nc1cc(F)c(F)cc1C(=O)O. The predicted octanol–water partition coefficient (Wildman–Crippen LogP) is 1.08. The molecule has 6 nitrogen and oxygen atoms in total. The molecule has 20 heavy (non-hydrogen) atoms. The molecular formula is C12H12F2N2O4. The molecule has 2 amide bonds. The molecule has 0 aliphatic rings. The third-order valence-electron chi connectivity index (χ3n) is 2.48. The first-order valence-corrected chi connectivity index (χ1v) is 5.46. The molecule has 1 aromatic rings. The zero-order chi connectivity index (χ0) is 15.4. The lowest BCUT2D eigenvalue weighted by atomic mass is 10.1. The lowest BCUT2D eigenvalue weighted by Gasteiger charge is -2.15. The number of hydrogen-bond donors (Lipinski definition) is 2. The molecule has 0 aromatic heterocycles. The number of amides is 2. The summed E-state index contributed by atoms with van der Waals surface area (Å²) < 4.78 is 26.0. The van der Waals surface area contributed by atoms with Gasteiger partial charge in [0.2, 0.25) is 11.8 Å². The molecule has 0 saturated carbocycles. The summed E-state index contributed by atoms with van der Waals surface area (Å²) in [4.78, 5) is 34.5. The van der Waals surface area contributed by atoms with Gasteiger partial charge in [0.15, 0.2) is 11.6 Å². The second-order valence-electron chi connectivity index (χ2n) is 4.04. The molecule has 0 radical (unpaired) electrons. The van der Waals surface area contributed by atoms with Crippen molar-refractivity contribution in [2.24, 2.45) is 0 Å². The van der Waals surface area contributed by atoms with Crippen LogP contribution in [0.1, 0.15) is 17.3 Å². The van der Waals surface area contributed by atoms with Gasteiger partial charge in [0, 0.05) is 20.0 Å². The largest absolute Gasteiger partial charge is 0.478 e. The summed E-state index contributed by atoms with van der Waals surface area (Å²) in [5.41, 5.74) is -0.957. The van der Waals surface area contributed by atoms with Crippen LogP contribution in [-0.4, -0.2) is 41.4 Å². The summed E-state index contributed by atoms with van der Waals surface area (Å²) >= 11 is 0. The fourth-order valence-electron chi connectivity index (χ4n) is 1.34. The monoisotopic (exact) mass is 286 g/mol. The number of benzene rings is 1. The Hall–Kier alpha value is -2.51. The van der Waals surface area contributed by atoms with E-state index < -0.39 is 29.1 Å². The summed E-state index contributed by atoms with van der Waals surface area (Å²) in [7, 11) is 1.37. The number of hydrogen-bond acceptors (Lipinski definition) is 3. The molecule has 0 atom stereocenters. The molecule has 0 fully saturated rings. The zero-order valence-electron chi connectivity index (χ0n) is 10.7. The van der Waals surface area contributed by atoms with E-state index in [1.807, 2.05) is 0 Å².